The van der Waals surface area contributed by atoms with Crippen molar-refractivity contribution < 1.29 is 18.7 Å². The van der Waals surface area contributed by atoms with Crippen LogP contribution < -0.4 is 0 Å². The van der Waals surface area contributed by atoms with Crippen molar-refractivity contribution in [3.8, 4) is 0 Å². The van der Waals surface area contributed by atoms with E-state index in [0.717, 1.165) is 0 Å². The molecule has 0 saturated heterocycles. The van der Waals surface area contributed by atoms with Gasteiger partial charge >= 0.3 is 5.97 Å². The average Bonchev–Trinajstić information content (AvgIpc) is 2.74. The van der Waals surface area contributed by atoms with Gasteiger partial charge in [0.15, 0.2) is 0 Å². The normalized spacial score (nSPS) is 12.1. The van der Waals surface area contributed by atoms with Gasteiger partial charge in [-0.1, -0.05) is 6.08 Å². The lowest BCUT2D eigenvalue weighted by Gasteiger charge is -2.07. The monoisotopic (exact) mass is 210 g/mol. The van der Waals surface area contributed by atoms with Crippen LogP contribution in [-0.4, -0.2) is 19.7 Å². The van der Waals surface area contributed by atoms with Crippen molar-refractivity contribution in [1.82, 2.24) is 0 Å². The smallest absolute Gasteiger partial charge is 0.373 e. The van der Waals surface area contributed by atoms with E-state index in [0.29, 0.717) is 12.4 Å². The van der Waals surface area contributed by atoms with Crippen LogP contribution in [0, 0.1) is 0 Å². The Bertz CT molecular complexity index is 340. The maximum Gasteiger partial charge on any atom is 0.373 e. The van der Waals surface area contributed by atoms with E-state index in [-0.39, 0.29) is 11.9 Å². The van der Waals surface area contributed by atoms with Crippen LogP contribution in [0.4, 0.5) is 0 Å². The molecule has 0 aromatic carbocycles. The largest absolute Gasteiger partial charge is 0.463 e. The van der Waals surface area contributed by atoms with E-state index in [1.54, 1.807) is 18.2 Å². The lowest BCUT2D eigenvalue weighted by atomic mass is 10.3. The Labute approximate surface area is 88.5 Å². The number of methoxy groups -OCH3 is 1. The molecule has 0 amide bonds. The average molecular weight is 210 g/mol. The van der Waals surface area contributed by atoms with Crippen molar-refractivity contribution in [2.75, 3.05) is 13.7 Å². The topological polar surface area (TPSA) is 48.7 Å². The Morgan fingerprint density at radius 3 is 3.00 bits per heavy atom. The van der Waals surface area contributed by atoms with E-state index in [9.17, 15) is 4.79 Å². The molecular weight excluding hydrogens is 196 g/mol. The highest BCUT2D eigenvalue weighted by Gasteiger charge is 2.15. The van der Waals surface area contributed by atoms with Gasteiger partial charge in [-0.15, -0.1) is 6.58 Å². The third-order valence-electron chi connectivity index (χ3n) is 1.88. The molecule has 0 aliphatic rings. The van der Waals surface area contributed by atoms with Crippen molar-refractivity contribution in [3.63, 3.8) is 0 Å². The lowest BCUT2D eigenvalue weighted by molar-refractivity contribution is 0.0525. The molecule has 0 bridgehead atoms. The van der Waals surface area contributed by atoms with E-state index in [2.05, 4.69) is 11.3 Å². The summed E-state index contributed by atoms with van der Waals surface area (Å²) in [6.45, 7) is 5.82. The van der Waals surface area contributed by atoms with Crippen molar-refractivity contribution in [3.05, 3.63) is 36.3 Å². The van der Waals surface area contributed by atoms with Gasteiger partial charge in [0.05, 0.1) is 13.7 Å². The molecule has 0 aliphatic carbocycles. The summed E-state index contributed by atoms with van der Waals surface area (Å²) in [6.07, 6.45) is 1.45. The van der Waals surface area contributed by atoms with Gasteiger partial charge in [0, 0.05) is 0 Å². The summed E-state index contributed by atoms with van der Waals surface area (Å²) in [6, 6.07) is 3.26. The zero-order chi connectivity index (χ0) is 11.3. The quantitative estimate of drug-likeness (QED) is 0.552. The van der Waals surface area contributed by atoms with Gasteiger partial charge in [0.25, 0.3) is 0 Å². The van der Waals surface area contributed by atoms with E-state index in [1.165, 1.54) is 7.11 Å². The molecule has 1 unspecified atom stereocenters. The van der Waals surface area contributed by atoms with Gasteiger partial charge in [-0.05, 0) is 19.1 Å². The lowest BCUT2D eigenvalue weighted by Crippen LogP contribution is -2.00. The molecule has 1 atom stereocenters. The number of ether oxygens (including phenoxy) is 2. The fourth-order valence-corrected chi connectivity index (χ4v) is 1.08. The Balaban J connectivity index is 2.66. The van der Waals surface area contributed by atoms with Crippen LogP contribution >= 0.6 is 0 Å². The summed E-state index contributed by atoms with van der Waals surface area (Å²) in [5, 5.41) is 0. The first-order valence-corrected chi connectivity index (χ1v) is 4.59. The predicted octanol–water partition coefficient (Wildman–Crippen LogP) is 2.33. The van der Waals surface area contributed by atoms with Crippen LogP contribution in [0.2, 0.25) is 0 Å². The summed E-state index contributed by atoms with van der Waals surface area (Å²) in [5.41, 5.74) is 0. The van der Waals surface area contributed by atoms with Crippen LogP contribution in [0.3, 0.4) is 0 Å². The van der Waals surface area contributed by atoms with E-state index in [4.69, 9.17) is 9.15 Å². The number of furan rings is 1. The maximum atomic E-state index is 11.1. The molecular formula is C11H14O4. The summed E-state index contributed by atoms with van der Waals surface area (Å²) in [4.78, 5) is 11.1. The first-order chi connectivity index (χ1) is 7.19. The minimum Gasteiger partial charge on any atom is -0.463 e. The Hall–Kier alpha value is -1.55. The SMILES string of the molecule is C=CCOC(C)c1ccc(C(=O)OC)o1. The van der Waals surface area contributed by atoms with Gasteiger partial charge in [-0.3, -0.25) is 0 Å². The number of carbonyl (C=O) groups is 1. The Morgan fingerprint density at radius 1 is 1.67 bits per heavy atom. The molecule has 0 N–H and O–H groups in total. The molecule has 82 valence electrons. The fraction of sp³-hybridized carbons (Fsp3) is 0.364. The molecule has 0 radical (unpaired) electrons. The molecule has 4 nitrogen and oxygen atoms in total. The van der Waals surface area contributed by atoms with Crippen molar-refractivity contribution >= 4 is 5.97 Å². The molecule has 15 heavy (non-hydrogen) atoms. The first kappa shape index (κ1) is 11.5. The molecule has 0 aliphatic heterocycles. The second-order valence-electron chi connectivity index (χ2n) is 2.96. The van der Waals surface area contributed by atoms with Gasteiger partial charge < -0.3 is 13.9 Å². The predicted molar refractivity (Wildman–Crippen MR) is 54.6 cm³/mol. The zero-order valence-electron chi connectivity index (χ0n) is 8.86. The molecule has 0 spiro atoms. The highest BCUT2D eigenvalue weighted by Crippen LogP contribution is 2.19. The molecule has 1 heterocycles. The Kier molecular flexibility index (Phi) is 4.12. The van der Waals surface area contributed by atoms with Crippen molar-refractivity contribution in [2.45, 2.75) is 13.0 Å². The maximum absolute atomic E-state index is 11.1. The van der Waals surface area contributed by atoms with Crippen LogP contribution in [-0.2, 0) is 9.47 Å². The fourth-order valence-electron chi connectivity index (χ4n) is 1.08. The summed E-state index contributed by atoms with van der Waals surface area (Å²) < 4.78 is 15.1. The van der Waals surface area contributed by atoms with E-state index >= 15 is 0 Å². The van der Waals surface area contributed by atoms with Gasteiger partial charge in [0.1, 0.15) is 11.9 Å². The van der Waals surface area contributed by atoms with Crippen molar-refractivity contribution in [2.24, 2.45) is 0 Å². The number of hydrogen-bond donors (Lipinski definition) is 0. The van der Waals surface area contributed by atoms with Gasteiger partial charge in [-0.2, -0.15) is 0 Å². The minimum atomic E-state index is -0.489. The summed E-state index contributed by atoms with van der Waals surface area (Å²) in [5.74, 6) is 0.288. The first-order valence-electron chi connectivity index (χ1n) is 4.59. The number of hydrogen-bond acceptors (Lipinski definition) is 4. The molecule has 1 aromatic rings. The number of esters is 1. The third-order valence-corrected chi connectivity index (χ3v) is 1.88. The van der Waals surface area contributed by atoms with E-state index < -0.39 is 5.97 Å². The summed E-state index contributed by atoms with van der Waals surface area (Å²) >= 11 is 0. The van der Waals surface area contributed by atoms with Crippen LogP contribution in [0.25, 0.3) is 0 Å². The molecule has 4 heteroatoms. The zero-order valence-corrected chi connectivity index (χ0v) is 8.86. The van der Waals surface area contributed by atoms with Gasteiger partial charge in [-0.25, -0.2) is 4.79 Å². The van der Waals surface area contributed by atoms with E-state index in [1.807, 2.05) is 6.92 Å². The number of rotatable bonds is 5. The molecule has 0 fully saturated rings. The van der Waals surface area contributed by atoms with Crippen LogP contribution in [0.1, 0.15) is 29.3 Å². The van der Waals surface area contributed by atoms with Crippen molar-refractivity contribution in [1.29, 1.82) is 0 Å². The molecule has 0 saturated carbocycles. The highest BCUT2D eigenvalue weighted by molar-refractivity contribution is 5.86. The number of carbonyl (C=O) groups excluding carboxylic acids is 1. The molecule has 1 aromatic heterocycles. The highest BCUT2D eigenvalue weighted by atomic mass is 16.5. The van der Waals surface area contributed by atoms with Crippen LogP contribution in [0.5, 0.6) is 0 Å². The Morgan fingerprint density at radius 2 is 2.40 bits per heavy atom. The summed E-state index contributed by atoms with van der Waals surface area (Å²) in [7, 11) is 1.31. The standard InChI is InChI=1S/C11H14O4/c1-4-7-14-8(2)9-5-6-10(15-9)11(12)13-3/h4-6,8H,1,7H2,2-3H3. The second kappa shape index (κ2) is 5.36. The van der Waals surface area contributed by atoms with Gasteiger partial charge in [0.2, 0.25) is 5.76 Å². The minimum absolute atomic E-state index is 0.182. The third kappa shape index (κ3) is 2.95. The second-order valence-corrected chi connectivity index (χ2v) is 2.96. The van der Waals surface area contributed by atoms with Crippen LogP contribution in [0.15, 0.2) is 29.2 Å². The molecule has 1 rings (SSSR count).